The normalized spacial score (nSPS) is 31.1. The first-order chi connectivity index (χ1) is 13.7. The average Bonchev–Trinajstić information content (AvgIpc) is 3.04. The number of anilines is 1. The highest BCUT2D eigenvalue weighted by Gasteiger charge is 2.50. The highest BCUT2D eigenvalue weighted by molar-refractivity contribution is 5.92. The Morgan fingerprint density at radius 1 is 1.04 bits per heavy atom. The van der Waals surface area contributed by atoms with E-state index in [1.54, 1.807) is 0 Å². The van der Waals surface area contributed by atoms with E-state index >= 15 is 0 Å². The number of rotatable bonds is 2. The minimum atomic E-state index is -0.245. The van der Waals surface area contributed by atoms with Crippen molar-refractivity contribution in [3.05, 3.63) is 36.5 Å². The van der Waals surface area contributed by atoms with Gasteiger partial charge in [-0.3, -0.25) is 9.78 Å². The molecule has 1 amide bonds. The van der Waals surface area contributed by atoms with E-state index in [0.717, 1.165) is 81.2 Å². The van der Waals surface area contributed by atoms with Crippen molar-refractivity contribution in [2.24, 2.45) is 5.41 Å². The van der Waals surface area contributed by atoms with Crippen molar-refractivity contribution in [2.75, 3.05) is 24.5 Å². The summed E-state index contributed by atoms with van der Waals surface area (Å²) in [4.78, 5) is 22.7. The fraction of sp³-hybridized carbons (Fsp3) is 0.565. The Hall–Kier alpha value is -2.14. The maximum atomic E-state index is 13.5. The van der Waals surface area contributed by atoms with Gasteiger partial charge in [0.15, 0.2) is 0 Å². The second kappa shape index (κ2) is 7.03. The molecule has 148 valence electrons. The predicted octanol–water partition coefficient (Wildman–Crippen LogP) is 3.36. The molecular weight excluding hydrogens is 350 g/mol. The Bertz CT molecular complexity index is 872. The number of hydrogen-bond acceptors (Lipinski definition) is 4. The maximum Gasteiger partial charge on any atom is 0.230 e. The summed E-state index contributed by atoms with van der Waals surface area (Å²) in [6.45, 7) is 2.66. The third kappa shape index (κ3) is 2.96. The molecule has 3 heterocycles. The second-order valence-electron chi connectivity index (χ2n) is 8.87. The lowest BCUT2D eigenvalue weighted by atomic mass is 9.78. The minimum absolute atomic E-state index is 0.174. The van der Waals surface area contributed by atoms with Crippen molar-refractivity contribution >= 4 is 22.5 Å². The van der Waals surface area contributed by atoms with E-state index in [1.807, 2.05) is 12.3 Å². The topological polar surface area (TPSA) is 56.7 Å². The number of benzene rings is 1. The number of aromatic nitrogens is 1. The zero-order chi connectivity index (χ0) is 19.1. The fourth-order valence-corrected chi connectivity index (χ4v) is 5.63. The molecule has 5 rings (SSSR count). The molecule has 1 unspecified atom stereocenters. The van der Waals surface area contributed by atoms with Gasteiger partial charge in [-0.25, -0.2) is 0 Å². The molecule has 2 saturated heterocycles. The van der Waals surface area contributed by atoms with Crippen molar-refractivity contribution in [2.45, 2.75) is 57.1 Å². The first-order valence-electron chi connectivity index (χ1n) is 10.7. The number of carbonyl (C=O) groups excluding carboxylic acids is 1. The number of piperidine rings is 1. The minimum Gasteiger partial charge on any atom is -0.393 e. The molecule has 0 radical (unpaired) electrons. The van der Waals surface area contributed by atoms with Gasteiger partial charge in [-0.2, -0.15) is 0 Å². The van der Waals surface area contributed by atoms with Crippen LogP contribution in [0.5, 0.6) is 0 Å². The van der Waals surface area contributed by atoms with Crippen LogP contribution in [0.2, 0.25) is 0 Å². The van der Waals surface area contributed by atoms with Crippen LogP contribution in [0, 0.1) is 5.41 Å². The van der Waals surface area contributed by atoms with Gasteiger partial charge in [-0.1, -0.05) is 18.2 Å². The van der Waals surface area contributed by atoms with Crippen LogP contribution < -0.4 is 4.90 Å². The number of fused-ring (bicyclic) bond motifs is 1. The molecule has 2 aliphatic heterocycles. The van der Waals surface area contributed by atoms with Crippen LogP contribution in [0.4, 0.5) is 5.69 Å². The molecule has 1 N–H and O–H groups in total. The maximum absolute atomic E-state index is 13.5. The summed E-state index contributed by atoms with van der Waals surface area (Å²) in [5.41, 5.74) is 1.94. The van der Waals surface area contributed by atoms with Crippen LogP contribution in [-0.2, 0) is 4.79 Å². The summed E-state index contributed by atoms with van der Waals surface area (Å²) < 4.78 is 0. The van der Waals surface area contributed by atoms with E-state index < -0.39 is 0 Å². The summed E-state index contributed by atoms with van der Waals surface area (Å²) >= 11 is 0. The van der Waals surface area contributed by atoms with Crippen LogP contribution in [0.1, 0.15) is 44.9 Å². The summed E-state index contributed by atoms with van der Waals surface area (Å²) in [5.74, 6) is 0.354. The molecule has 2 aromatic rings. The number of hydrogen-bond donors (Lipinski definition) is 1. The van der Waals surface area contributed by atoms with Gasteiger partial charge in [-0.05, 0) is 57.1 Å². The van der Waals surface area contributed by atoms with Crippen LogP contribution in [0.3, 0.4) is 0 Å². The number of pyridine rings is 1. The number of para-hydroxylation sites is 1. The number of carbonyl (C=O) groups is 1. The van der Waals surface area contributed by atoms with Crippen molar-refractivity contribution in [3.63, 3.8) is 0 Å². The Morgan fingerprint density at radius 2 is 1.86 bits per heavy atom. The van der Waals surface area contributed by atoms with Crippen molar-refractivity contribution in [1.29, 1.82) is 0 Å². The van der Waals surface area contributed by atoms with Gasteiger partial charge in [0.2, 0.25) is 5.91 Å². The lowest BCUT2D eigenvalue weighted by Crippen LogP contribution is -2.50. The number of likely N-dealkylation sites (tertiary alicyclic amines) is 1. The van der Waals surface area contributed by atoms with Gasteiger partial charge in [0.05, 0.1) is 22.7 Å². The number of nitrogens with zero attached hydrogens (tertiary/aromatic N) is 3. The largest absolute Gasteiger partial charge is 0.393 e. The SMILES string of the molecule is O=C1N(C2CCC(O)CC2)CCC12CCCN(c1cccc3cccnc13)C2. The van der Waals surface area contributed by atoms with Gasteiger partial charge < -0.3 is 14.9 Å². The van der Waals surface area contributed by atoms with Gasteiger partial charge in [0.25, 0.3) is 0 Å². The molecule has 1 aromatic heterocycles. The molecule has 5 nitrogen and oxygen atoms in total. The van der Waals surface area contributed by atoms with Gasteiger partial charge in [0.1, 0.15) is 0 Å². The highest BCUT2D eigenvalue weighted by Crippen LogP contribution is 2.44. The van der Waals surface area contributed by atoms with Crippen molar-refractivity contribution in [3.8, 4) is 0 Å². The van der Waals surface area contributed by atoms with E-state index in [0.29, 0.717) is 11.9 Å². The van der Waals surface area contributed by atoms with Crippen molar-refractivity contribution < 1.29 is 9.90 Å². The summed E-state index contributed by atoms with van der Waals surface area (Å²) in [6.07, 6.45) is 8.22. The molecule has 3 aliphatic rings. The van der Waals surface area contributed by atoms with E-state index in [9.17, 15) is 9.90 Å². The van der Waals surface area contributed by atoms with E-state index in [1.165, 1.54) is 0 Å². The Labute approximate surface area is 166 Å². The highest BCUT2D eigenvalue weighted by atomic mass is 16.3. The van der Waals surface area contributed by atoms with Gasteiger partial charge in [0, 0.05) is 37.3 Å². The second-order valence-corrected chi connectivity index (χ2v) is 8.87. The van der Waals surface area contributed by atoms with Gasteiger partial charge >= 0.3 is 0 Å². The molecule has 0 bridgehead atoms. The third-order valence-corrected chi connectivity index (χ3v) is 7.18. The summed E-state index contributed by atoms with van der Waals surface area (Å²) in [7, 11) is 0. The number of aliphatic hydroxyl groups excluding tert-OH is 1. The lowest BCUT2D eigenvalue weighted by molar-refractivity contribution is -0.139. The van der Waals surface area contributed by atoms with Crippen LogP contribution in [0.25, 0.3) is 10.9 Å². The average molecular weight is 380 g/mol. The zero-order valence-electron chi connectivity index (χ0n) is 16.4. The Morgan fingerprint density at radius 3 is 2.71 bits per heavy atom. The van der Waals surface area contributed by atoms with E-state index in [-0.39, 0.29) is 11.5 Å². The third-order valence-electron chi connectivity index (χ3n) is 7.18. The fourth-order valence-electron chi connectivity index (χ4n) is 5.63. The predicted molar refractivity (Wildman–Crippen MR) is 110 cm³/mol. The smallest absolute Gasteiger partial charge is 0.230 e. The van der Waals surface area contributed by atoms with Crippen LogP contribution >= 0.6 is 0 Å². The van der Waals surface area contributed by atoms with Gasteiger partial charge in [-0.15, -0.1) is 0 Å². The Kier molecular flexibility index (Phi) is 4.50. The zero-order valence-corrected chi connectivity index (χ0v) is 16.4. The van der Waals surface area contributed by atoms with E-state index in [4.69, 9.17) is 0 Å². The van der Waals surface area contributed by atoms with Crippen LogP contribution in [0.15, 0.2) is 36.5 Å². The first kappa shape index (κ1) is 17.9. The van der Waals surface area contributed by atoms with E-state index in [2.05, 4.69) is 39.0 Å². The molecule has 28 heavy (non-hydrogen) atoms. The number of aliphatic hydroxyl groups is 1. The molecule has 5 heteroatoms. The molecule has 1 aromatic carbocycles. The molecule has 1 atom stereocenters. The summed E-state index contributed by atoms with van der Waals surface area (Å²) in [6, 6.07) is 10.7. The quantitative estimate of drug-likeness (QED) is 0.869. The first-order valence-corrected chi connectivity index (χ1v) is 10.7. The lowest BCUT2D eigenvalue weighted by Gasteiger charge is -2.41. The molecule has 1 aliphatic carbocycles. The standard InChI is InChI=1S/C23H29N3O2/c27-19-9-7-18(8-10-19)26-15-12-23(22(26)28)11-3-14-25(16-23)20-6-1-4-17-5-2-13-24-21(17)20/h1-2,4-6,13,18-19,27H,3,7-12,14-16H2. The van der Waals surface area contributed by atoms with Crippen LogP contribution in [-0.4, -0.2) is 52.7 Å². The summed E-state index contributed by atoms with van der Waals surface area (Å²) in [5, 5.41) is 11.0. The molecule has 3 fully saturated rings. The molecule has 1 spiro atoms. The number of amides is 1. The van der Waals surface area contributed by atoms with Crippen molar-refractivity contribution in [1.82, 2.24) is 9.88 Å². The monoisotopic (exact) mass is 379 g/mol. The Balaban J connectivity index is 1.39. The molecular formula is C23H29N3O2. The molecule has 1 saturated carbocycles.